The van der Waals surface area contributed by atoms with E-state index < -0.39 is 17.5 Å². The molecule has 28 heavy (non-hydrogen) atoms. The first-order valence-electron chi connectivity index (χ1n) is 8.46. The molecule has 1 aliphatic heterocycles. The number of carbonyl (C=O) groups is 1. The Labute approximate surface area is 169 Å². The highest BCUT2D eigenvalue weighted by molar-refractivity contribution is 8.00. The molecule has 1 amide bonds. The minimum absolute atomic E-state index is 0.191. The molecule has 0 aliphatic carbocycles. The van der Waals surface area contributed by atoms with E-state index in [0.29, 0.717) is 22.1 Å². The van der Waals surface area contributed by atoms with Crippen LogP contribution in [0.1, 0.15) is 24.4 Å². The van der Waals surface area contributed by atoms with E-state index >= 15 is 0 Å². The van der Waals surface area contributed by atoms with Gasteiger partial charge in [0.25, 0.3) is 0 Å². The lowest BCUT2D eigenvalue weighted by Crippen LogP contribution is -2.48. The molecule has 144 valence electrons. The molecule has 1 aromatic heterocycles. The van der Waals surface area contributed by atoms with E-state index in [1.54, 1.807) is 25.1 Å². The summed E-state index contributed by atoms with van der Waals surface area (Å²) in [7, 11) is 0. The minimum atomic E-state index is -1.58. The molecule has 2 N–H and O–H groups in total. The second-order valence-corrected chi connectivity index (χ2v) is 8.05. The molecule has 0 saturated carbocycles. The van der Waals surface area contributed by atoms with Crippen molar-refractivity contribution < 1.29 is 14.3 Å². The summed E-state index contributed by atoms with van der Waals surface area (Å²) in [4.78, 5) is 19.5. The van der Waals surface area contributed by atoms with Crippen LogP contribution >= 0.6 is 23.4 Å². The molecule has 2 unspecified atom stereocenters. The van der Waals surface area contributed by atoms with Crippen molar-refractivity contribution in [2.75, 3.05) is 10.7 Å². The van der Waals surface area contributed by atoms with Gasteiger partial charge in [0.05, 0.1) is 11.4 Å². The lowest BCUT2D eigenvalue weighted by Gasteiger charge is -2.42. The van der Waals surface area contributed by atoms with Crippen molar-refractivity contribution in [1.29, 1.82) is 0 Å². The van der Waals surface area contributed by atoms with Crippen LogP contribution in [0.15, 0.2) is 53.7 Å². The second-order valence-electron chi connectivity index (χ2n) is 6.59. The van der Waals surface area contributed by atoms with Gasteiger partial charge in [0.15, 0.2) is 5.82 Å². The fraction of sp³-hybridized carbons (Fsp3) is 0.211. The minimum Gasteiger partial charge on any atom is -0.383 e. The van der Waals surface area contributed by atoms with Crippen molar-refractivity contribution in [3.8, 4) is 0 Å². The molecule has 0 saturated heterocycles. The number of nitrogens with zero attached hydrogens (tertiary/aromatic N) is 3. The Bertz CT molecular complexity index is 1010. The van der Waals surface area contributed by atoms with Crippen molar-refractivity contribution in [3.05, 3.63) is 71.0 Å². The Morgan fingerprint density at radius 3 is 2.75 bits per heavy atom. The lowest BCUT2D eigenvalue weighted by atomic mass is 9.86. The molecular formula is C19H16ClFN4O2S. The highest BCUT2D eigenvalue weighted by atomic mass is 35.5. The fourth-order valence-electron chi connectivity index (χ4n) is 3.36. The van der Waals surface area contributed by atoms with Crippen LogP contribution in [0.5, 0.6) is 0 Å². The third kappa shape index (κ3) is 3.28. The van der Waals surface area contributed by atoms with Gasteiger partial charge in [-0.25, -0.2) is 9.37 Å². The van der Waals surface area contributed by atoms with Gasteiger partial charge in [-0.05, 0) is 42.8 Å². The molecule has 1 aliphatic rings. The van der Waals surface area contributed by atoms with Gasteiger partial charge < -0.3 is 5.11 Å². The summed E-state index contributed by atoms with van der Waals surface area (Å²) in [5.41, 5.74) is -0.520. The maximum Gasteiger partial charge on any atom is 0.238 e. The van der Waals surface area contributed by atoms with Gasteiger partial charge in [-0.15, -0.1) is 11.8 Å². The first-order chi connectivity index (χ1) is 13.4. The summed E-state index contributed by atoms with van der Waals surface area (Å²) in [5.74, 6) is -0.0995. The fourth-order valence-corrected chi connectivity index (χ4v) is 4.54. The predicted molar refractivity (Wildman–Crippen MR) is 105 cm³/mol. The van der Waals surface area contributed by atoms with Crippen LogP contribution in [0.3, 0.4) is 0 Å². The number of carbonyl (C=O) groups excluding carboxylic acids is 1. The van der Waals surface area contributed by atoms with Gasteiger partial charge in [0, 0.05) is 9.92 Å². The average molecular weight is 419 g/mol. The van der Waals surface area contributed by atoms with Gasteiger partial charge in [0.1, 0.15) is 23.8 Å². The molecule has 0 fully saturated rings. The van der Waals surface area contributed by atoms with E-state index in [9.17, 15) is 14.3 Å². The van der Waals surface area contributed by atoms with Crippen LogP contribution in [0, 0.1) is 5.82 Å². The molecule has 0 bridgehead atoms. The van der Waals surface area contributed by atoms with Gasteiger partial charge in [-0.3, -0.25) is 14.8 Å². The Morgan fingerprint density at radius 1 is 1.32 bits per heavy atom. The smallest absolute Gasteiger partial charge is 0.238 e. The summed E-state index contributed by atoms with van der Waals surface area (Å²) < 4.78 is 13.4. The van der Waals surface area contributed by atoms with Gasteiger partial charge >= 0.3 is 0 Å². The monoisotopic (exact) mass is 418 g/mol. The van der Waals surface area contributed by atoms with E-state index in [2.05, 4.69) is 15.2 Å². The number of hydrogen-bond donors (Lipinski definition) is 2. The second kappa shape index (κ2) is 7.20. The summed E-state index contributed by atoms with van der Waals surface area (Å²) in [6.45, 7) is 1.57. The normalized spacial score (nSPS) is 17.1. The molecular weight excluding hydrogens is 403 g/mol. The highest BCUT2D eigenvalue weighted by Gasteiger charge is 2.45. The average Bonchev–Trinajstić information content (AvgIpc) is 3.18. The van der Waals surface area contributed by atoms with Crippen molar-refractivity contribution in [2.24, 2.45) is 0 Å². The largest absolute Gasteiger partial charge is 0.383 e. The Hall–Kier alpha value is -2.42. The van der Waals surface area contributed by atoms with Gasteiger partial charge in [0.2, 0.25) is 5.91 Å². The number of hydrogen-bond acceptors (Lipinski definition) is 5. The lowest BCUT2D eigenvalue weighted by molar-refractivity contribution is -0.118. The van der Waals surface area contributed by atoms with Crippen molar-refractivity contribution >= 4 is 35.0 Å². The molecule has 2 heterocycles. The first kappa shape index (κ1) is 18.9. The number of rotatable bonds is 4. The maximum absolute atomic E-state index is 13.4. The third-order valence-electron chi connectivity index (χ3n) is 4.71. The predicted octanol–water partition coefficient (Wildman–Crippen LogP) is 3.68. The number of nitrogens with one attached hydrogen (secondary N) is 1. The topological polar surface area (TPSA) is 82.1 Å². The summed E-state index contributed by atoms with van der Waals surface area (Å²) in [6, 6.07) is 9.82. The molecule has 0 radical (unpaired) electrons. The van der Waals surface area contributed by atoms with E-state index in [0.717, 1.165) is 4.90 Å². The molecule has 6 nitrogen and oxygen atoms in total. The van der Waals surface area contributed by atoms with Gasteiger partial charge in [-0.1, -0.05) is 23.7 Å². The number of halogens is 2. The number of aromatic nitrogens is 3. The number of aliphatic hydroxyl groups is 1. The zero-order chi connectivity index (χ0) is 19.9. The van der Waals surface area contributed by atoms with E-state index in [4.69, 9.17) is 11.6 Å². The van der Waals surface area contributed by atoms with E-state index in [1.807, 2.05) is 0 Å². The molecule has 2 aromatic carbocycles. The van der Waals surface area contributed by atoms with E-state index in [1.165, 1.54) is 47.3 Å². The molecule has 9 heteroatoms. The molecule has 3 aromatic rings. The SMILES string of the molecule is CC(O)(c1ccc(F)cc1)C(c1ncn[nH]1)N1C(=O)CSc2cc(Cl)ccc21. The maximum atomic E-state index is 13.4. The van der Waals surface area contributed by atoms with Crippen LogP contribution in [0.2, 0.25) is 5.02 Å². The zero-order valence-corrected chi connectivity index (χ0v) is 16.3. The number of thioether (sulfide) groups is 1. The van der Waals surface area contributed by atoms with Crippen LogP contribution in [-0.4, -0.2) is 31.9 Å². The zero-order valence-electron chi connectivity index (χ0n) is 14.8. The number of fused-ring (bicyclic) bond motifs is 1. The van der Waals surface area contributed by atoms with Crippen LogP contribution in [0.25, 0.3) is 0 Å². The van der Waals surface area contributed by atoms with Gasteiger partial charge in [-0.2, -0.15) is 5.10 Å². The third-order valence-corrected chi connectivity index (χ3v) is 5.98. The van der Waals surface area contributed by atoms with Crippen LogP contribution in [0.4, 0.5) is 10.1 Å². The first-order valence-corrected chi connectivity index (χ1v) is 9.82. The van der Waals surface area contributed by atoms with Crippen molar-refractivity contribution in [1.82, 2.24) is 15.2 Å². The molecule has 0 spiro atoms. The van der Waals surface area contributed by atoms with Crippen LogP contribution in [-0.2, 0) is 10.4 Å². The van der Waals surface area contributed by atoms with Crippen molar-refractivity contribution in [3.63, 3.8) is 0 Å². The number of amides is 1. The van der Waals surface area contributed by atoms with Crippen molar-refractivity contribution in [2.45, 2.75) is 23.5 Å². The Kier molecular flexibility index (Phi) is 4.86. The molecule has 4 rings (SSSR count). The quantitative estimate of drug-likeness (QED) is 0.675. The summed E-state index contributed by atoms with van der Waals surface area (Å²) in [5, 5.41) is 18.7. The standard InChI is InChI=1S/C19H16ClFN4O2S/c1-19(27,11-2-5-13(21)6-3-11)17(18-22-10-23-24-18)25-14-7-4-12(20)8-15(14)28-9-16(25)26/h2-8,10,17,27H,9H2,1H3,(H,22,23,24). The summed E-state index contributed by atoms with van der Waals surface area (Å²) in [6.07, 6.45) is 1.31. The highest BCUT2D eigenvalue weighted by Crippen LogP contribution is 2.46. The molecule has 2 atom stereocenters. The Morgan fingerprint density at radius 2 is 2.07 bits per heavy atom. The summed E-state index contributed by atoms with van der Waals surface area (Å²) >= 11 is 7.49. The number of anilines is 1. The number of aromatic amines is 1. The Balaban J connectivity index is 1.88. The number of benzene rings is 2. The number of H-pyrrole nitrogens is 1. The van der Waals surface area contributed by atoms with Crippen LogP contribution < -0.4 is 4.90 Å². The van der Waals surface area contributed by atoms with E-state index in [-0.39, 0.29) is 11.7 Å².